The lowest BCUT2D eigenvalue weighted by molar-refractivity contribution is -0.137. The Morgan fingerprint density at radius 3 is 2.80 bits per heavy atom. The minimum atomic E-state index is -4.55. The van der Waals surface area contributed by atoms with Crippen LogP contribution in [0.4, 0.5) is 18.9 Å². The molecule has 3 rings (SSSR count). The number of alkyl halides is 3. The fourth-order valence-corrected chi connectivity index (χ4v) is 3.28. The first-order valence-electron chi connectivity index (χ1n) is 8.00. The lowest BCUT2D eigenvalue weighted by Gasteiger charge is -2.31. The number of imidazole rings is 1. The van der Waals surface area contributed by atoms with Crippen molar-refractivity contribution in [2.45, 2.75) is 32.0 Å². The van der Waals surface area contributed by atoms with Crippen LogP contribution in [0.3, 0.4) is 0 Å². The van der Waals surface area contributed by atoms with Gasteiger partial charge >= 0.3 is 6.18 Å². The first-order chi connectivity index (χ1) is 11.9. The van der Waals surface area contributed by atoms with Crippen LogP contribution >= 0.6 is 0 Å². The predicted molar refractivity (Wildman–Crippen MR) is 88.8 cm³/mol. The van der Waals surface area contributed by atoms with Crippen molar-refractivity contribution in [2.75, 3.05) is 11.4 Å². The van der Waals surface area contributed by atoms with Crippen LogP contribution in [0.1, 0.15) is 36.6 Å². The molecule has 4 nitrogen and oxygen atoms in total. The van der Waals surface area contributed by atoms with Gasteiger partial charge in [-0.3, -0.25) is 0 Å². The summed E-state index contributed by atoms with van der Waals surface area (Å²) in [5, 5.41) is 8.94. The summed E-state index contributed by atoms with van der Waals surface area (Å²) >= 11 is 0. The maximum Gasteiger partial charge on any atom is 0.417 e. The molecule has 1 unspecified atom stereocenters. The van der Waals surface area contributed by atoms with Gasteiger partial charge in [-0.2, -0.15) is 18.4 Å². The molecule has 0 saturated heterocycles. The summed E-state index contributed by atoms with van der Waals surface area (Å²) < 4.78 is 39.6. The summed E-state index contributed by atoms with van der Waals surface area (Å²) in [5.41, 5.74) is 1.21. The molecule has 1 aromatic carbocycles. The average molecular weight is 346 g/mol. The zero-order chi connectivity index (χ0) is 18.0. The van der Waals surface area contributed by atoms with Crippen LogP contribution in [0.5, 0.6) is 0 Å². The first-order valence-corrected chi connectivity index (χ1v) is 8.00. The smallest absolute Gasteiger partial charge is 0.368 e. The van der Waals surface area contributed by atoms with E-state index < -0.39 is 11.7 Å². The Bertz CT molecular complexity index is 816. The van der Waals surface area contributed by atoms with Gasteiger partial charge in [0.05, 0.1) is 29.2 Å². The van der Waals surface area contributed by atoms with Crippen LogP contribution < -0.4 is 4.90 Å². The summed E-state index contributed by atoms with van der Waals surface area (Å²) in [7, 11) is 0. The van der Waals surface area contributed by atoms with Crippen molar-refractivity contribution < 1.29 is 13.2 Å². The third-order valence-electron chi connectivity index (χ3n) is 4.46. The molecular weight excluding hydrogens is 329 g/mol. The van der Waals surface area contributed by atoms with Gasteiger partial charge in [-0.05, 0) is 43.5 Å². The number of aromatic amines is 1. The number of hydrogen-bond donors (Lipinski definition) is 1. The maximum absolute atomic E-state index is 13.2. The highest BCUT2D eigenvalue weighted by molar-refractivity contribution is 5.67. The van der Waals surface area contributed by atoms with E-state index in [2.05, 4.69) is 16.0 Å². The van der Waals surface area contributed by atoms with Crippen LogP contribution in [-0.2, 0) is 6.18 Å². The van der Waals surface area contributed by atoms with Gasteiger partial charge in [-0.15, -0.1) is 0 Å². The lowest BCUT2D eigenvalue weighted by Crippen LogP contribution is -2.33. The van der Waals surface area contributed by atoms with Crippen LogP contribution in [-0.4, -0.2) is 22.6 Å². The van der Waals surface area contributed by atoms with Crippen molar-refractivity contribution in [1.82, 2.24) is 9.97 Å². The van der Waals surface area contributed by atoms with Crippen molar-refractivity contribution in [3.8, 4) is 6.07 Å². The number of hydrogen-bond acceptors (Lipinski definition) is 3. The molecule has 0 saturated carbocycles. The fourth-order valence-electron chi connectivity index (χ4n) is 3.28. The second-order valence-electron chi connectivity index (χ2n) is 5.90. The molecule has 1 atom stereocenters. The number of rotatable bonds is 4. The minimum Gasteiger partial charge on any atom is -0.368 e. The number of benzene rings is 1. The Morgan fingerprint density at radius 2 is 2.20 bits per heavy atom. The van der Waals surface area contributed by atoms with Gasteiger partial charge in [0.25, 0.3) is 0 Å². The highest BCUT2D eigenvalue weighted by Gasteiger charge is 2.35. The molecule has 0 amide bonds. The molecule has 1 aliphatic carbocycles. The van der Waals surface area contributed by atoms with E-state index in [4.69, 9.17) is 5.26 Å². The summed E-state index contributed by atoms with van der Waals surface area (Å²) in [6.45, 7) is 2.49. The van der Waals surface area contributed by atoms with E-state index in [1.807, 2.05) is 18.0 Å². The number of nitrogens with zero attached hydrogens (tertiary/aromatic N) is 3. The zero-order valence-corrected chi connectivity index (χ0v) is 13.6. The van der Waals surface area contributed by atoms with Crippen molar-refractivity contribution >= 4 is 11.3 Å². The molecule has 1 N–H and O–H groups in total. The summed E-state index contributed by atoms with van der Waals surface area (Å²) in [4.78, 5) is 9.10. The SMILES string of the molecule is CCN(c1ccc(C#N)c(C(F)(F)F)c1)C1CC=C(c2c[nH]cn2)C1. The molecule has 130 valence electrons. The van der Waals surface area contributed by atoms with Crippen LogP contribution in [0, 0.1) is 11.3 Å². The number of nitrogens with one attached hydrogen (secondary N) is 1. The van der Waals surface area contributed by atoms with Gasteiger partial charge in [-0.25, -0.2) is 4.98 Å². The summed E-state index contributed by atoms with van der Waals surface area (Å²) in [6, 6.07) is 5.61. The normalized spacial score (nSPS) is 17.2. The summed E-state index contributed by atoms with van der Waals surface area (Å²) in [5.74, 6) is 0. The number of anilines is 1. The fraction of sp³-hybridized carbons (Fsp3) is 0.333. The third-order valence-corrected chi connectivity index (χ3v) is 4.46. The van der Waals surface area contributed by atoms with Gasteiger partial charge in [-0.1, -0.05) is 6.08 Å². The van der Waals surface area contributed by atoms with E-state index in [0.29, 0.717) is 12.2 Å². The second kappa shape index (κ2) is 6.63. The van der Waals surface area contributed by atoms with E-state index in [1.54, 1.807) is 18.5 Å². The average Bonchev–Trinajstić information content (AvgIpc) is 3.26. The number of nitriles is 1. The minimum absolute atomic E-state index is 0.0747. The molecule has 0 fully saturated rings. The Morgan fingerprint density at radius 1 is 1.40 bits per heavy atom. The molecule has 0 spiro atoms. The molecule has 1 aromatic heterocycles. The maximum atomic E-state index is 13.2. The van der Waals surface area contributed by atoms with Crippen molar-refractivity contribution in [1.29, 1.82) is 5.26 Å². The van der Waals surface area contributed by atoms with E-state index in [0.717, 1.165) is 30.2 Å². The number of aromatic nitrogens is 2. The standard InChI is InChI=1S/C18H17F3N4/c1-2-25(14-5-3-12(7-14)17-10-23-11-24-17)15-6-4-13(9-22)16(8-15)18(19,20)21/h3-4,6,8,10-11,14H,2,5,7H2,1H3,(H,23,24). The molecule has 0 radical (unpaired) electrons. The Hall–Kier alpha value is -2.75. The van der Waals surface area contributed by atoms with E-state index in [-0.39, 0.29) is 11.6 Å². The number of H-pyrrole nitrogens is 1. The van der Waals surface area contributed by atoms with Crippen molar-refractivity contribution in [2.24, 2.45) is 0 Å². The molecule has 1 aliphatic rings. The Labute approximate surface area is 143 Å². The predicted octanol–water partition coefficient (Wildman–Crippen LogP) is 4.37. The Balaban J connectivity index is 1.86. The molecule has 7 heteroatoms. The third kappa shape index (κ3) is 3.38. The van der Waals surface area contributed by atoms with Gasteiger partial charge in [0.15, 0.2) is 0 Å². The van der Waals surface area contributed by atoms with Crippen molar-refractivity contribution in [3.63, 3.8) is 0 Å². The molecule has 0 aliphatic heterocycles. The second-order valence-corrected chi connectivity index (χ2v) is 5.90. The first kappa shape index (κ1) is 17.1. The molecule has 2 aromatic rings. The molecule has 0 bridgehead atoms. The van der Waals surface area contributed by atoms with Crippen molar-refractivity contribution in [3.05, 3.63) is 53.6 Å². The van der Waals surface area contributed by atoms with Gasteiger partial charge in [0, 0.05) is 24.5 Å². The van der Waals surface area contributed by atoms with Crippen LogP contribution in [0.2, 0.25) is 0 Å². The van der Waals surface area contributed by atoms with E-state index in [1.165, 1.54) is 6.07 Å². The quantitative estimate of drug-likeness (QED) is 0.894. The zero-order valence-electron chi connectivity index (χ0n) is 13.6. The van der Waals surface area contributed by atoms with Gasteiger partial charge in [0.2, 0.25) is 0 Å². The molecule has 1 heterocycles. The summed E-state index contributed by atoms with van der Waals surface area (Å²) in [6.07, 6.45) is 2.43. The van der Waals surface area contributed by atoms with Crippen LogP contribution in [0.15, 0.2) is 36.8 Å². The molecular formula is C18H17F3N4. The highest BCUT2D eigenvalue weighted by atomic mass is 19.4. The Kier molecular flexibility index (Phi) is 4.53. The molecule has 25 heavy (non-hydrogen) atoms. The highest BCUT2D eigenvalue weighted by Crippen LogP contribution is 2.37. The van der Waals surface area contributed by atoms with Gasteiger partial charge in [0.1, 0.15) is 0 Å². The largest absolute Gasteiger partial charge is 0.417 e. The van der Waals surface area contributed by atoms with E-state index >= 15 is 0 Å². The number of halogens is 3. The topological polar surface area (TPSA) is 55.7 Å². The lowest BCUT2D eigenvalue weighted by atomic mass is 10.0. The monoisotopic (exact) mass is 346 g/mol. The van der Waals surface area contributed by atoms with E-state index in [9.17, 15) is 13.2 Å². The van der Waals surface area contributed by atoms with Crippen LogP contribution in [0.25, 0.3) is 5.57 Å². The van der Waals surface area contributed by atoms with Gasteiger partial charge < -0.3 is 9.88 Å².